The van der Waals surface area contributed by atoms with Crippen LogP contribution in [0.1, 0.15) is 108 Å². The van der Waals surface area contributed by atoms with Gasteiger partial charge in [-0.15, -0.1) is 0 Å². The first-order valence-electron chi connectivity index (χ1n) is 18.9. The van der Waals surface area contributed by atoms with Gasteiger partial charge in [-0.25, -0.2) is 0 Å². The smallest absolute Gasteiger partial charge is 0.311 e. The van der Waals surface area contributed by atoms with Gasteiger partial charge in [-0.2, -0.15) is 0 Å². The fourth-order valence-electron chi connectivity index (χ4n) is 8.72. The number of hydrogen-bond acceptors (Lipinski definition) is 12. The lowest BCUT2D eigenvalue weighted by Gasteiger charge is -2.48. The minimum Gasteiger partial charge on any atom is -0.459 e. The minimum atomic E-state index is -1.75. The highest BCUT2D eigenvalue weighted by Crippen LogP contribution is 2.41. The molecule has 3 rings (SSSR count). The molecule has 50 heavy (non-hydrogen) atoms. The Balaban J connectivity index is 2.13. The molecule has 0 radical (unpaired) electrons. The summed E-state index contributed by atoms with van der Waals surface area (Å²) in [5, 5.41) is 46.5. The zero-order valence-corrected chi connectivity index (χ0v) is 33.5. The highest BCUT2D eigenvalue weighted by Gasteiger charge is 2.51. The van der Waals surface area contributed by atoms with Crippen LogP contribution in [-0.4, -0.2) is 142 Å². The van der Waals surface area contributed by atoms with Gasteiger partial charge >= 0.3 is 5.97 Å². The number of esters is 1. The molecular weight excluding hydrogens is 644 g/mol. The zero-order chi connectivity index (χ0) is 38.1. The van der Waals surface area contributed by atoms with Crippen molar-refractivity contribution in [3.8, 4) is 0 Å². The van der Waals surface area contributed by atoms with Gasteiger partial charge in [0.15, 0.2) is 12.6 Å². The number of nitrogens with zero attached hydrogens (tertiary/aromatic N) is 2. The summed E-state index contributed by atoms with van der Waals surface area (Å²) in [6, 6.07) is -0.267. The third-order valence-electron chi connectivity index (χ3n) is 12.0. The summed E-state index contributed by atoms with van der Waals surface area (Å²) in [6.07, 6.45) is -4.15. The van der Waals surface area contributed by atoms with Crippen molar-refractivity contribution in [1.82, 2.24) is 9.80 Å². The normalized spacial score (nSPS) is 47.7. The molecule has 0 amide bonds. The number of likely N-dealkylation sites (N-methyl/N-ethyl adjacent to an activating group) is 1. The lowest BCUT2D eigenvalue weighted by molar-refractivity contribution is -0.297. The van der Waals surface area contributed by atoms with E-state index in [4.69, 9.17) is 23.7 Å². The molecular formula is C38H72N2O10. The summed E-state index contributed by atoms with van der Waals surface area (Å²) in [5.41, 5.74) is -3.68. The van der Waals surface area contributed by atoms with Crippen molar-refractivity contribution in [1.29, 1.82) is 0 Å². The first-order chi connectivity index (χ1) is 22.9. The molecule has 0 saturated carbocycles. The van der Waals surface area contributed by atoms with Gasteiger partial charge in [0.1, 0.15) is 17.8 Å². The summed E-state index contributed by atoms with van der Waals surface area (Å²) >= 11 is 0. The lowest BCUT2D eigenvalue weighted by Crippen LogP contribution is -2.59. The molecule has 3 heterocycles. The number of hydrogen-bond donors (Lipinski definition) is 4. The Kier molecular flexibility index (Phi) is 14.8. The maximum atomic E-state index is 14.2. The highest BCUT2D eigenvalue weighted by atomic mass is 16.7. The van der Waals surface area contributed by atoms with Crippen molar-refractivity contribution in [2.24, 2.45) is 23.2 Å². The van der Waals surface area contributed by atoms with Crippen molar-refractivity contribution in [3.63, 3.8) is 0 Å². The van der Waals surface area contributed by atoms with E-state index in [-0.39, 0.29) is 24.5 Å². The molecule has 3 aliphatic heterocycles. The molecule has 2 unspecified atom stereocenters. The summed E-state index contributed by atoms with van der Waals surface area (Å²) in [6.45, 7) is 20.9. The van der Waals surface area contributed by atoms with E-state index in [1.165, 1.54) is 6.92 Å². The molecule has 0 aromatic heterocycles. The van der Waals surface area contributed by atoms with E-state index in [2.05, 4.69) is 4.90 Å². The van der Waals surface area contributed by atoms with E-state index in [1.807, 2.05) is 74.5 Å². The lowest BCUT2D eigenvalue weighted by atomic mass is 9.77. The van der Waals surface area contributed by atoms with E-state index < -0.39 is 89.7 Å². The Morgan fingerprint density at radius 2 is 1.52 bits per heavy atom. The van der Waals surface area contributed by atoms with Crippen LogP contribution in [0.2, 0.25) is 0 Å². The predicted molar refractivity (Wildman–Crippen MR) is 191 cm³/mol. The van der Waals surface area contributed by atoms with Crippen LogP contribution in [0.4, 0.5) is 0 Å². The maximum Gasteiger partial charge on any atom is 0.311 e. The molecule has 0 aromatic carbocycles. The molecule has 4 N–H and O–H groups in total. The SMILES string of the molecule is CC[C@H]1OC(=O)[C@H](C)C(O[C@H]2CC(C)(C)[C@@H](O)[C@H](C)O2)[C@H](C)[C@@H](OC2C[C@@H](N(C)C)C[C@@H](C)O2)[C@](C)(O)C[C@@H](C)CN(C)[C@H](C)[C@@H](O)[C@]1(C)O. The second kappa shape index (κ2) is 17.0. The van der Waals surface area contributed by atoms with Gasteiger partial charge in [0.25, 0.3) is 0 Å². The number of ether oxygens (including phenoxy) is 5. The molecule has 12 nitrogen and oxygen atoms in total. The fraction of sp³-hybridized carbons (Fsp3) is 0.974. The fourth-order valence-corrected chi connectivity index (χ4v) is 8.72. The van der Waals surface area contributed by atoms with Crippen molar-refractivity contribution < 1.29 is 48.9 Å². The van der Waals surface area contributed by atoms with Crippen LogP contribution in [0.5, 0.6) is 0 Å². The molecule has 12 heteroatoms. The topological polar surface area (TPSA) is 151 Å². The zero-order valence-electron chi connectivity index (χ0n) is 33.5. The van der Waals surface area contributed by atoms with E-state index in [9.17, 15) is 25.2 Å². The third kappa shape index (κ3) is 10.2. The third-order valence-corrected chi connectivity index (χ3v) is 12.0. The second-order valence-electron chi connectivity index (χ2n) is 17.5. The van der Waals surface area contributed by atoms with E-state index >= 15 is 0 Å². The summed E-state index contributed by atoms with van der Waals surface area (Å²) in [4.78, 5) is 18.3. The standard InChI is InChI=1S/C38H72N2O10/c1-15-28-38(11,45)32(41)25(6)40(14)20-21(2)18-37(10,44)34(50-29-17-27(39(12)13)16-22(3)46-29)23(4)31(24(5)35(43)48-28)49-30-19-36(8,9)33(42)26(7)47-30/h21-34,41-42,44-45H,15-20H2,1-14H3/t21-,22-,23+,24-,25-,26+,27+,28-,29?,30+,31?,32-,33+,34-,37-,38-/m1/s1. The van der Waals surface area contributed by atoms with Crippen LogP contribution in [-0.2, 0) is 28.5 Å². The minimum absolute atomic E-state index is 0.0554. The van der Waals surface area contributed by atoms with Crippen molar-refractivity contribution >= 4 is 5.97 Å². The van der Waals surface area contributed by atoms with Gasteiger partial charge in [0, 0.05) is 37.4 Å². The van der Waals surface area contributed by atoms with E-state index in [1.54, 1.807) is 20.8 Å². The van der Waals surface area contributed by atoms with Gasteiger partial charge < -0.3 is 53.9 Å². The average Bonchev–Trinajstić information content (AvgIpc) is 3.00. The van der Waals surface area contributed by atoms with Gasteiger partial charge in [0.2, 0.25) is 0 Å². The molecule has 294 valence electrons. The van der Waals surface area contributed by atoms with Crippen LogP contribution in [0.25, 0.3) is 0 Å². The molecule has 0 aliphatic carbocycles. The van der Waals surface area contributed by atoms with Crippen molar-refractivity contribution in [3.05, 3.63) is 0 Å². The van der Waals surface area contributed by atoms with Crippen LogP contribution in [0.3, 0.4) is 0 Å². The quantitative estimate of drug-likeness (QED) is 0.298. The van der Waals surface area contributed by atoms with Gasteiger partial charge in [-0.1, -0.05) is 34.6 Å². The Hall–Kier alpha value is -0.930. The molecule has 16 atom stereocenters. The number of carbonyl (C=O) groups is 1. The van der Waals surface area contributed by atoms with Gasteiger partial charge in [-0.3, -0.25) is 4.79 Å². The maximum absolute atomic E-state index is 14.2. The monoisotopic (exact) mass is 717 g/mol. The highest BCUT2D eigenvalue weighted by molar-refractivity contribution is 5.73. The van der Waals surface area contributed by atoms with Crippen LogP contribution in [0, 0.1) is 23.2 Å². The molecule has 3 saturated heterocycles. The Morgan fingerprint density at radius 3 is 2.08 bits per heavy atom. The molecule has 0 bridgehead atoms. The van der Waals surface area contributed by atoms with Crippen LogP contribution >= 0.6 is 0 Å². The summed E-state index contributed by atoms with van der Waals surface area (Å²) < 4.78 is 32.2. The number of aliphatic hydroxyl groups is 4. The molecule has 0 aromatic rings. The van der Waals surface area contributed by atoms with Crippen molar-refractivity contribution in [2.75, 3.05) is 27.7 Å². The van der Waals surface area contributed by atoms with Crippen molar-refractivity contribution in [2.45, 2.75) is 187 Å². The van der Waals surface area contributed by atoms with Crippen LogP contribution < -0.4 is 0 Å². The van der Waals surface area contributed by atoms with Crippen LogP contribution in [0.15, 0.2) is 0 Å². The summed E-state index contributed by atoms with van der Waals surface area (Å²) in [5.74, 6) is -2.14. The predicted octanol–water partition coefficient (Wildman–Crippen LogP) is 3.55. The number of carbonyl (C=O) groups excluding carboxylic acids is 1. The Bertz CT molecular complexity index is 1090. The summed E-state index contributed by atoms with van der Waals surface area (Å²) in [7, 11) is 5.96. The molecule has 3 aliphatic rings. The largest absolute Gasteiger partial charge is 0.459 e. The van der Waals surface area contributed by atoms with E-state index in [0.29, 0.717) is 25.8 Å². The van der Waals surface area contributed by atoms with E-state index in [0.717, 1.165) is 6.42 Å². The number of aliphatic hydroxyl groups excluding tert-OH is 2. The molecule has 0 spiro atoms. The molecule has 3 fully saturated rings. The first-order valence-corrected chi connectivity index (χ1v) is 18.9. The Morgan fingerprint density at radius 1 is 0.900 bits per heavy atom. The van der Waals surface area contributed by atoms with Gasteiger partial charge in [-0.05, 0) is 93.3 Å². The Labute approximate surface area is 302 Å². The second-order valence-corrected chi connectivity index (χ2v) is 17.5. The number of cyclic esters (lactones) is 1. The average molecular weight is 717 g/mol. The first kappa shape index (κ1) is 43.5. The number of rotatable bonds is 6. The van der Waals surface area contributed by atoms with Gasteiger partial charge in [0.05, 0.1) is 42.0 Å².